The van der Waals surface area contributed by atoms with E-state index < -0.39 is 0 Å². The smallest absolute Gasteiger partial charge is 0.267 e. The van der Waals surface area contributed by atoms with Crippen LogP contribution in [0.3, 0.4) is 0 Å². The van der Waals surface area contributed by atoms with Crippen molar-refractivity contribution < 1.29 is 13.9 Å². The SMILES string of the molecule is Cc1nc(COc2ccc(F)cc2)sc1C(=O)Nc1ccc2ccccc2c1. The maximum absolute atomic E-state index is 12.9. The Labute approximate surface area is 165 Å². The van der Waals surface area contributed by atoms with Crippen LogP contribution in [0.1, 0.15) is 20.4 Å². The second kappa shape index (κ2) is 7.78. The number of nitrogens with zero attached hydrogens (tertiary/aromatic N) is 1. The van der Waals surface area contributed by atoms with Gasteiger partial charge >= 0.3 is 0 Å². The van der Waals surface area contributed by atoms with Gasteiger partial charge in [-0.3, -0.25) is 4.79 Å². The third-order valence-corrected chi connectivity index (χ3v) is 5.36. The summed E-state index contributed by atoms with van der Waals surface area (Å²) in [5.74, 6) is 0.0415. The first kappa shape index (κ1) is 18.1. The van der Waals surface area contributed by atoms with Crippen molar-refractivity contribution in [1.29, 1.82) is 0 Å². The number of carbonyl (C=O) groups excluding carboxylic acids is 1. The van der Waals surface area contributed by atoms with Gasteiger partial charge in [0, 0.05) is 5.69 Å². The first-order valence-corrected chi connectivity index (χ1v) is 9.55. The van der Waals surface area contributed by atoms with Crippen molar-refractivity contribution >= 4 is 33.7 Å². The highest BCUT2D eigenvalue weighted by Gasteiger charge is 2.16. The van der Waals surface area contributed by atoms with Crippen molar-refractivity contribution in [3.63, 3.8) is 0 Å². The molecule has 0 aliphatic rings. The summed E-state index contributed by atoms with van der Waals surface area (Å²) in [6, 6.07) is 19.6. The van der Waals surface area contributed by atoms with E-state index in [2.05, 4.69) is 10.3 Å². The molecule has 1 amide bonds. The Morgan fingerprint density at radius 2 is 1.82 bits per heavy atom. The van der Waals surface area contributed by atoms with Gasteiger partial charge in [0.1, 0.15) is 28.1 Å². The standard InChI is InChI=1S/C22H17FN2O2S/c1-14-21(28-20(24-14)13-27-19-10-7-17(23)8-11-19)22(26)25-18-9-6-15-4-2-3-5-16(15)12-18/h2-12H,13H2,1H3,(H,25,26). The molecule has 0 saturated carbocycles. The van der Waals surface area contributed by atoms with Crippen LogP contribution in [-0.4, -0.2) is 10.9 Å². The average molecular weight is 392 g/mol. The lowest BCUT2D eigenvalue weighted by Gasteiger charge is -2.06. The number of benzene rings is 3. The van der Waals surface area contributed by atoms with Crippen molar-refractivity contribution in [2.75, 3.05) is 5.32 Å². The molecule has 0 fully saturated rings. The van der Waals surface area contributed by atoms with Crippen molar-refractivity contribution in [3.05, 3.63) is 88.1 Å². The molecule has 3 aromatic carbocycles. The molecule has 0 unspecified atom stereocenters. The van der Waals surface area contributed by atoms with E-state index in [1.807, 2.05) is 42.5 Å². The number of aromatic nitrogens is 1. The first-order chi connectivity index (χ1) is 13.6. The molecule has 1 N–H and O–H groups in total. The molecular formula is C22H17FN2O2S. The van der Waals surface area contributed by atoms with Crippen LogP contribution < -0.4 is 10.1 Å². The third-order valence-electron chi connectivity index (χ3n) is 4.23. The van der Waals surface area contributed by atoms with Gasteiger partial charge in [0.2, 0.25) is 0 Å². The number of ether oxygens (including phenoxy) is 1. The molecular weight excluding hydrogens is 375 g/mol. The van der Waals surface area contributed by atoms with E-state index in [1.54, 1.807) is 19.1 Å². The fraction of sp³-hybridized carbons (Fsp3) is 0.0909. The molecule has 0 bridgehead atoms. The van der Waals surface area contributed by atoms with Crippen molar-refractivity contribution in [2.45, 2.75) is 13.5 Å². The van der Waals surface area contributed by atoms with Crippen LogP contribution >= 0.6 is 11.3 Å². The minimum atomic E-state index is -0.315. The van der Waals surface area contributed by atoms with Gasteiger partial charge in [-0.2, -0.15) is 0 Å². The van der Waals surface area contributed by atoms with Crippen molar-refractivity contribution in [3.8, 4) is 5.75 Å². The second-order valence-electron chi connectivity index (χ2n) is 6.28. The summed E-state index contributed by atoms with van der Waals surface area (Å²) in [6.45, 7) is 2.02. The number of amides is 1. The minimum absolute atomic E-state index is 0.196. The summed E-state index contributed by atoms with van der Waals surface area (Å²) in [4.78, 5) is 17.6. The van der Waals surface area contributed by atoms with Crippen LogP contribution in [0.25, 0.3) is 10.8 Å². The van der Waals surface area contributed by atoms with Crippen LogP contribution in [0.15, 0.2) is 66.7 Å². The Balaban J connectivity index is 1.45. The van der Waals surface area contributed by atoms with E-state index in [-0.39, 0.29) is 18.3 Å². The molecule has 4 rings (SSSR count). The molecule has 0 radical (unpaired) electrons. The number of aryl methyl sites for hydroxylation is 1. The predicted molar refractivity (Wildman–Crippen MR) is 109 cm³/mol. The molecule has 4 nitrogen and oxygen atoms in total. The topological polar surface area (TPSA) is 51.2 Å². The van der Waals surface area contributed by atoms with Gasteiger partial charge in [0.25, 0.3) is 5.91 Å². The summed E-state index contributed by atoms with van der Waals surface area (Å²) in [6.07, 6.45) is 0. The highest BCUT2D eigenvalue weighted by atomic mass is 32.1. The van der Waals surface area contributed by atoms with Gasteiger partial charge in [-0.15, -0.1) is 11.3 Å². The van der Waals surface area contributed by atoms with Crippen LogP contribution in [0.5, 0.6) is 5.75 Å². The molecule has 0 aliphatic heterocycles. The van der Waals surface area contributed by atoms with Gasteiger partial charge < -0.3 is 10.1 Å². The number of rotatable bonds is 5. The number of hydrogen-bond acceptors (Lipinski definition) is 4. The fourth-order valence-electron chi connectivity index (χ4n) is 2.86. The highest BCUT2D eigenvalue weighted by Crippen LogP contribution is 2.23. The Morgan fingerprint density at radius 3 is 2.61 bits per heavy atom. The summed E-state index contributed by atoms with van der Waals surface area (Å²) < 4.78 is 18.6. The van der Waals surface area contributed by atoms with E-state index in [9.17, 15) is 9.18 Å². The van der Waals surface area contributed by atoms with Gasteiger partial charge in [-0.1, -0.05) is 30.3 Å². The third kappa shape index (κ3) is 4.02. The molecule has 0 aliphatic carbocycles. The number of hydrogen-bond donors (Lipinski definition) is 1. The highest BCUT2D eigenvalue weighted by molar-refractivity contribution is 7.13. The molecule has 0 spiro atoms. The van der Waals surface area contributed by atoms with Crippen LogP contribution in [0.4, 0.5) is 10.1 Å². The van der Waals surface area contributed by atoms with E-state index in [0.717, 1.165) is 16.5 Å². The molecule has 28 heavy (non-hydrogen) atoms. The van der Waals surface area contributed by atoms with Gasteiger partial charge in [0.05, 0.1) is 5.69 Å². The number of fused-ring (bicyclic) bond motifs is 1. The number of carbonyl (C=O) groups is 1. The van der Waals surface area contributed by atoms with Crippen LogP contribution in [-0.2, 0) is 6.61 Å². The first-order valence-electron chi connectivity index (χ1n) is 8.73. The summed E-state index contributed by atoms with van der Waals surface area (Å²) in [7, 11) is 0. The monoisotopic (exact) mass is 392 g/mol. The van der Waals surface area contributed by atoms with Crippen molar-refractivity contribution in [1.82, 2.24) is 4.98 Å². The lowest BCUT2D eigenvalue weighted by atomic mass is 10.1. The Bertz CT molecular complexity index is 1140. The second-order valence-corrected chi connectivity index (χ2v) is 7.36. The average Bonchev–Trinajstić information content (AvgIpc) is 3.08. The van der Waals surface area contributed by atoms with E-state index in [4.69, 9.17) is 4.74 Å². The molecule has 0 saturated heterocycles. The molecule has 6 heteroatoms. The zero-order valence-electron chi connectivity index (χ0n) is 15.1. The quantitative estimate of drug-likeness (QED) is 0.483. The zero-order valence-corrected chi connectivity index (χ0v) is 15.9. The molecule has 0 atom stereocenters. The molecule has 1 aromatic heterocycles. The summed E-state index contributed by atoms with van der Waals surface area (Å²) in [5, 5.41) is 5.80. The minimum Gasteiger partial charge on any atom is -0.486 e. The summed E-state index contributed by atoms with van der Waals surface area (Å²) >= 11 is 1.29. The lowest BCUT2D eigenvalue weighted by molar-refractivity contribution is 0.103. The molecule has 1 heterocycles. The van der Waals surface area contributed by atoms with E-state index in [0.29, 0.717) is 21.3 Å². The summed E-state index contributed by atoms with van der Waals surface area (Å²) in [5.41, 5.74) is 1.39. The normalized spacial score (nSPS) is 10.8. The zero-order chi connectivity index (χ0) is 19.5. The van der Waals surface area contributed by atoms with E-state index in [1.165, 1.54) is 23.5 Å². The number of thiazole rings is 1. The number of anilines is 1. The molecule has 4 aromatic rings. The number of nitrogens with one attached hydrogen (secondary N) is 1. The Kier molecular flexibility index (Phi) is 5.04. The van der Waals surface area contributed by atoms with Gasteiger partial charge in [0.15, 0.2) is 0 Å². The van der Waals surface area contributed by atoms with Crippen LogP contribution in [0, 0.1) is 12.7 Å². The largest absolute Gasteiger partial charge is 0.486 e. The van der Waals surface area contributed by atoms with E-state index >= 15 is 0 Å². The Morgan fingerprint density at radius 1 is 1.07 bits per heavy atom. The van der Waals surface area contributed by atoms with Gasteiger partial charge in [-0.05, 0) is 54.1 Å². The Hall–Kier alpha value is -3.25. The molecule has 140 valence electrons. The lowest BCUT2D eigenvalue weighted by Crippen LogP contribution is -2.11. The van der Waals surface area contributed by atoms with Crippen LogP contribution in [0.2, 0.25) is 0 Å². The van der Waals surface area contributed by atoms with Crippen molar-refractivity contribution in [2.24, 2.45) is 0 Å². The maximum atomic E-state index is 12.9. The number of halogens is 1. The predicted octanol–water partition coefficient (Wildman–Crippen LogP) is 5.58. The fourth-order valence-corrected chi connectivity index (χ4v) is 3.73. The maximum Gasteiger partial charge on any atom is 0.267 e. The van der Waals surface area contributed by atoms with Gasteiger partial charge in [-0.25, -0.2) is 9.37 Å².